The second-order valence-corrected chi connectivity index (χ2v) is 5.89. The molecule has 102 valence electrons. The fraction of sp³-hybridized carbons (Fsp3) is 0.357. The molecule has 2 N–H and O–H groups in total. The van der Waals surface area contributed by atoms with Gasteiger partial charge in [0, 0.05) is 47.1 Å². The molecule has 0 spiro atoms. The van der Waals surface area contributed by atoms with Gasteiger partial charge in [0.25, 0.3) is 0 Å². The van der Waals surface area contributed by atoms with E-state index in [9.17, 15) is 0 Å². The van der Waals surface area contributed by atoms with Gasteiger partial charge in [0.05, 0.1) is 0 Å². The SMILES string of the molecule is CCn1ccnc1CC(N)CSc1ccc(Cl)cc1. The third kappa shape index (κ3) is 4.27. The lowest BCUT2D eigenvalue weighted by Crippen LogP contribution is -2.27. The lowest BCUT2D eigenvalue weighted by Gasteiger charge is -2.12. The van der Waals surface area contributed by atoms with Gasteiger partial charge in [-0.25, -0.2) is 4.98 Å². The molecule has 1 unspecified atom stereocenters. The van der Waals surface area contributed by atoms with Gasteiger partial charge in [-0.1, -0.05) is 11.6 Å². The molecule has 1 atom stereocenters. The molecule has 0 saturated heterocycles. The number of aryl methyl sites for hydroxylation is 1. The summed E-state index contributed by atoms with van der Waals surface area (Å²) in [4.78, 5) is 5.54. The van der Waals surface area contributed by atoms with E-state index in [1.54, 1.807) is 11.8 Å². The number of nitrogens with two attached hydrogens (primary N) is 1. The Bertz CT molecular complexity index is 510. The van der Waals surface area contributed by atoms with E-state index in [-0.39, 0.29) is 6.04 Å². The minimum Gasteiger partial charge on any atom is -0.335 e. The Kier molecular flexibility index (Phi) is 5.31. The first kappa shape index (κ1) is 14.4. The Balaban J connectivity index is 1.84. The molecule has 3 nitrogen and oxygen atoms in total. The highest BCUT2D eigenvalue weighted by atomic mass is 35.5. The molecule has 0 aliphatic rings. The van der Waals surface area contributed by atoms with Crippen molar-refractivity contribution in [3.63, 3.8) is 0 Å². The van der Waals surface area contributed by atoms with E-state index in [4.69, 9.17) is 17.3 Å². The molecule has 2 rings (SSSR count). The lowest BCUT2D eigenvalue weighted by molar-refractivity contribution is 0.641. The van der Waals surface area contributed by atoms with Crippen LogP contribution in [0.3, 0.4) is 0 Å². The first-order chi connectivity index (χ1) is 9.19. The van der Waals surface area contributed by atoms with Crippen molar-refractivity contribution in [2.75, 3.05) is 5.75 Å². The number of thioether (sulfide) groups is 1. The number of aromatic nitrogens is 2. The minimum atomic E-state index is 0.105. The minimum absolute atomic E-state index is 0.105. The smallest absolute Gasteiger partial charge is 0.110 e. The second-order valence-electron chi connectivity index (χ2n) is 4.36. The van der Waals surface area contributed by atoms with Crippen molar-refractivity contribution in [2.24, 2.45) is 5.73 Å². The average molecular weight is 296 g/mol. The maximum Gasteiger partial charge on any atom is 0.110 e. The van der Waals surface area contributed by atoms with Gasteiger partial charge in [-0.05, 0) is 31.2 Å². The van der Waals surface area contributed by atoms with Crippen LogP contribution in [0.15, 0.2) is 41.6 Å². The van der Waals surface area contributed by atoms with Crippen molar-refractivity contribution in [3.8, 4) is 0 Å². The van der Waals surface area contributed by atoms with Gasteiger partial charge in [0.2, 0.25) is 0 Å². The zero-order valence-electron chi connectivity index (χ0n) is 10.9. The maximum atomic E-state index is 6.17. The van der Waals surface area contributed by atoms with Gasteiger partial charge in [-0.15, -0.1) is 11.8 Å². The van der Waals surface area contributed by atoms with Crippen LogP contribution in [0.25, 0.3) is 0 Å². The van der Waals surface area contributed by atoms with Crippen molar-refractivity contribution in [1.82, 2.24) is 9.55 Å². The molecule has 0 radical (unpaired) electrons. The summed E-state index contributed by atoms with van der Waals surface area (Å²) in [6.45, 7) is 3.05. The van der Waals surface area contributed by atoms with Crippen LogP contribution in [0.2, 0.25) is 5.02 Å². The molecule has 5 heteroatoms. The predicted octanol–water partition coefficient (Wildman–Crippen LogP) is 3.22. The van der Waals surface area contributed by atoms with Gasteiger partial charge in [-0.3, -0.25) is 0 Å². The largest absolute Gasteiger partial charge is 0.335 e. The summed E-state index contributed by atoms with van der Waals surface area (Å²) >= 11 is 7.61. The Labute approximate surface area is 123 Å². The molecule has 0 aliphatic carbocycles. The molecule has 0 aliphatic heterocycles. The van der Waals surface area contributed by atoms with Gasteiger partial charge in [-0.2, -0.15) is 0 Å². The Morgan fingerprint density at radius 1 is 1.37 bits per heavy atom. The van der Waals surface area contributed by atoms with Gasteiger partial charge in [0.15, 0.2) is 0 Å². The van der Waals surface area contributed by atoms with E-state index < -0.39 is 0 Å². The number of rotatable bonds is 6. The number of nitrogens with zero attached hydrogens (tertiary/aromatic N) is 2. The number of halogens is 1. The molecule has 1 aromatic carbocycles. The highest BCUT2D eigenvalue weighted by Crippen LogP contribution is 2.21. The fourth-order valence-electron chi connectivity index (χ4n) is 1.85. The van der Waals surface area contributed by atoms with Crippen molar-refractivity contribution in [2.45, 2.75) is 30.8 Å². The third-order valence-electron chi connectivity index (χ3n) is 2.86. The van der Waals surface area contributed by atoms with Gasteiger partial charge >= 0.3 is 0 Å². The van der Waals surface area contributed by atoms with Crippen LogP contribution in [0.5, 0.6) is 0 Å². The Hall–Kier alpha value is -0.970. The summed E-state index contributed by atoms with van der Waals surface area (Å²) in [6.07, 6.45) is 4.63. The van der Waals surface area contributed by atoms with E-state index in [2.05, 4.69) is 16.5 Å². The van der Waals surface area contributed by atoms with Crippen LogP contribution in [0, 0.1) is 0 Å². The predicted molar refractivity (Wildman–Crippen MR) is 81.8 cm³/mol. The Morgan fingerprint density at radius 2 is 2.11 bits per heavy atom. The molecule has 2 aromatic rings. The van der Waals surface area contributed by atoms with Crippen molar-refractivity contribution in [1.29, 1.82) is 0 Å². The summed E-state index contributed by atoms with van der Waals surface area (Å²) in [5.41, 5.74) is 6.17. The van der Waals surface area contributed by atoms with E-state index in [1.807, 2.05) is 36.7 Å². The fourth-order valence-corrected chi connectivity index (χ4v) is 2.82. The zero-order valence-corrected chi connectivity index (χ0v) is 12.5. The zero-order chi connectivity index (χ0) is 13.7. The van der Waals surface area contributed by atoms with E-state index in [0.717, 1.165) is 29.6 Å². The first-order valence-corrected chi connectivity index (χ1v) is 7.69. The number of hydrogen-bond donors (Lipinski definition) is 1. The van der Waals surface area contributed by atoms with Crippen LogP contribution in [-0.4, -0.2) is 21.3 Å². The topological polar surface area (TPSA) is 43.8 Å². The first-order valence-electron chi connectivity index (χ1n) is 6.33. The highest BCUT2D eigenvalue weighted by molar-refractivity contribution is 7.99. The normalized spacial score (nSPS) is 12.6. The monoisotopic (exact) mass is 295 g/mol. The molecule has 0 fully saturated rings. The standard InChI is InChI=1S/C14H18ClN3S/c1-2-18-8-7-17-14(18)9-12(16)10-19-13-5-3-11(15)4-6-13/h3-8,12H,2,9-10,16H2,1H3. The van der Waals surface area contributed by atoms with Crippen LogP contribution in [-0.2, 0) is 13.0 Å². The highest BCUT2D eigenvalue weighted by Gasteiger charge is 2.09. The van der Waals surface area contributed by atoms with Crippen LogP contribution < -0.4 is 5.73 Å². The van der Waals surface area contributed by atoms with Crippen LogP contribution in [0.4, 0.5) is 0 Å². The molecule has 0 bridgehead atoms. The number of imidazole rings is 1. The summed E-state index contributed by atoms with van der Waals surface area (Å²) in [6, 6.07) is 7.95. The van der Waals surface area contributed by atoms with Crippen LogP contribution in [0.1, 0.15) is 12.7 Å². The molecule has 1 heterocycles. The summed E-state index contributed by atoms with van der Waals surface area (Å²) in [7, 11) is 0. The van der Waals surface area contributed by atoms with Gasteiger partial charge < -0.3 is 10.3 Å². The van der Waals surface area contributed by atoms with Gasteiger partial charge in [0.1, 0.15) is 5.82 Å². The van der Waals surface area contributed by atoms with E-state index in [0.29, 0.717) is 0 Å². The van der Waals surface area contributed by atoms with Crippen molar-refractivity contribution >= 4 is 23.4 Å². The van der Waals surface area contributed by atoms with E-state index in [1.165, 1.54) is 4.90 Å². The molecule has 0 saturated carbocycles. The third-order valence-corrected chi connectivity index (χ3v) is 4.32. The lowest BCUT2D eigenvalue weighted by atomic mass is 10.2. The van der Waals surface area contributed by atoms with E-state index >= 15 is 0 Å². The molecular formula is C14H18ClN3S. The Morgan fingerprint density at radius 3 is 2.79 bits per heavy atom. The molecule has 19 heavy (non-hydrogen) atoms. The van der Waals surface area contributed by atoms with Crippen LogP contribution >= 0.6 is 23.4 Å². The number of hydrogen-bond acceptors (Lipinski definition) is 3. The number of benzene rings is 1. The maximum absolute atomic E-state index is 6.17. The quantitative estimate of drug-likeness (QED) is 0.832. The molecule has 0 amide bonds. The summed E-state index contributed by atoms with van der Waals surface area (Å²) in [5.74, 6) is 1.93. The average Bonchev–Trinajstić information content (AvgIpc) is 2.85. The summed E-state index contributed by atoms with van der Waals surface area (Å²) in [5, 5.41) is 0.763. The molecular weight excluding hydrogens is 278 g/mol. The second kappa shape index (κ2) is 6.98. The molecule has 1 aromatic heterocycles. The van der Waals surface area contributed by atoms with Crippen molar-refractivity contribution in [3.05, 3.63) is 47.5 Å². The van der Waals surface area contributed by atoms with Crippen molar-refractivity contribution < 1.29 is 0 Å². The summed E-state index contributed by atoms with van der Waals surface area (Å²) < 4.78 is 2.13.